The van der Waals surface area contributed by atoms with Crippen molar-refractivity contribution in [3.63, 3.8) is 0 Å². The first-order valence-corrected chi connectivity index (χ1v) is 3.71. The number of carbonyl (C=O) groups is 2. The summed E-state index contributed by atoms with van der Waals surface area (Å²) in [6.07, 6.45) is 4.53. The van der Waals surface area contributed by atoms with Gasteiger partial charge in [-0.1, -0.05) is 0 Å². The fraction of sp³-hybridized carbons (Fsp3) is 0.714. The Kier molecular flexibility index (Phi) is 2.46. The zero-order valence-electron chi connectivity index (χ0n) is 6.56. The van der Waals surface area contributed by atoms with E-state index >= 15 is 0 Å². The molecule has 0 aromatic carbocycles. The van der Waals surface area contributed by atoms with Crippen LogP contribution in [0, 0.1) is 0 Å². The third-order valence-electron chi connectivity index (χ3n) is 2.07. The lowest BCUT2D eigenvalue weighted by Gasteiger charge is -2.38. The van der Waals surface area contributed by atoms with Crippen LogP contribution in [0.15, 0.2) is 0 Å². The summed E-state index contributed by atoms with van der Waals surface area (Å²) in [5, 5.41) is 2.73. The van der Waals surface area contributed by atoms with Crippen molar-refractivity contribution >= 4 is 12.8 Å². The molecular formula is C7H12N2O2. The van der Waals surface area contributed by atoms with E-state index in [0.717, 1.165) is 19.3 Å². The molecule has 1 aliphatic rings. The Morgan fingerprint density at radius 1 is 1.27 bits per heavy atom. The van der Waals surface area contributed by atoms with Crippen molar-refractivity contribution in [2.24, 2.45) is 0 Å². The van der Waals surface area contributed by atoms with Crippen LogP contribution in [0.1, 0.15) is 19.3 Å². The summed E-state index contributed by atoms with van der Waals surface area (Å²) in [5.41, 5.74) is 0. The van der Waals surface area contributed by atoms with Crippen molar-refractivity contribution in [3.8, 4) is 0 Å². The lowest BCUT2D eigenvalue weighted by Crippen LogP contribution is -2.48. The van der Waals surface area contributed by atoms with Crippen LogP contribution in [0.25, 0.3) is 0 Å². The van der Waals surface area contributed by atoms with Gasteiger partial charge in [-0.15, -0.1) is 0 Å². The monoisotopic (exact) mass is 156 g/mol. The Balaban J connectivity index is 2.46. The van der Waals surface area contributed by atoms with Gasteiger partial charge in [0.25, 0.3) is 0 Å². The van der Waals surface area contributed by atoms with Gasteiger partial charge >= 0.3 is 0 Å². The lowest BCUT2D eigenvalue weighted by molar-refractivity contribution is -0.151. The third kappa shape index (κ3) is 1.50. The molecule has 0 saturated heterocycles. The number of nitrogens with zero attached hydrogens (tertiary/aromatic N) is 2. The van der Waals surface area contributed by atoms with Crippen LogP contribution in [0.3, 0.4) is 0 Å². The first-order valence-electron chi connectivity index (χ1n) is 3.71. The van der Waals surface area contributed by atoms with Gasteiger partial charge in [-0.05, 0) is 19.3 Å². The molecule has 0 aromatic heterocycles. The van der Waals surface area contributed by atoms with Gasteiger partial charge in [0.2, 0.25) is 12.8 Å². The number of rotatable bonds is 4. The molecule has 0 N–H and O–H groups in total. The molecule has 1 fully saturated rings. The van der Waals surface area contributed by atoms with Gasteiger partial charge in [-0.25, -0.2) is 0 Å². The Morgan fingerprint density at radius 3 is 2.18 bits per heavy atom. The Morgan fingerprint density at radius 2 is 1.91 bits per heavy atom. The van der Waals surface area contributed by atoms with E-state index < -0.39 is 0 Å². The summed E-state index contributed by atoms with van der Waals surface area (Å²) >= 11 is 0. The second-order valence-electron chi connectivity index (χ2n) is 2.75. The molecular weight excluding hydrogens is 144 g/mol. The number of carbonyl (C=O) groups excluding carboxylic acids is 2. The molecule has 0 spiro atoms. The van der Waals surface area contributed by atoms with E-state index in [1.807, 2.05) is 0 Å². The average molecular weight is 156 g/mol. The zero-order valence-corrected chi connectivity index (χ0v) is 6.56. The van der Waals surface area contributed by atoms with Gasteiger partial charge in [0.1, 0.15) is 0 Å². The molecule has 1 saturated carbocycles. The van der Waals surface area contributed by atoms with E-state index in [1.165, 1.54) is 10.0 Å². The first-order chi connectivity index (χ1) is 5.29. The number of amides is 2. The summed E-state index contributed by atoms with van der Waals surface area (Å²) in [7, 11) is 1.58. The Hall–Kier alpha value is -1.06. The van der Waals surface area contributed by atoms with E-state index in [-0.39, 0.29) is 6.04 Å². The molecule has 0 bridgehead atoms. The summed E-state index contributed by atoms with van der Waals surface area (Å²) in [6.45, 7) is 0. The smallest absolute Gasteiger partial charge is 0.228 e. The highest BCUT2D eigenvalue weighted by Gasteiger charge is 2.25. The Labute approximate surface area is 65.7 Å². The molecule has 0 aliphatic heterocycles. The van der Waals surface area contributed by atoms with Gasteiger partial charge in [0, 0.05) is 7.05 Å². The highest BCUT2D eigenvalue weighted by Crippen LogP contribution is 2.23. The molecule has 1 aliphatic carbocycles. The fourth-order valence-corrected chi connectivity index (χ4v) is 1.12. The molecule has 0 atom stereocenters. The minimum absolute atomic E-state index is 0.252. The summed E-state index contributed by atoms with van der Waals surface area (Å²) in [4.78, 5) is 20.7. The minimum atomic E-state index is 0.252. The molecule has 11 heavy (non-hydrogen) atoms. The van der Waals surface area contributed by atoms with Crippen LogP contribution < -0.4 is 0 Å². The minimum Gasteiger partial charge on any atom is -0.277 e. The zero-order chi connectivity index (χ0) is 8.27. The number of hydrogen-bond acceptors (Lipinski definition) is 2. The molecule has 0 aromatic rings. The highest BCUT2D eigenvalue weighted by molar-refractivity contribution is 5.54. The van der Waals surface area contributed by atoms with E-state index in [9.17, 15) is 9.59 Å². The molecule has 1 rings (SSSR count). The van der Waals surface area contributed by atoms with E-state index in [2.05, 4.69) is 0 Å². The summed E-state index contributed by atoms with van der Waals surface area (Å²) < 4.78 is 0. The van der Waals surface area contributed by atoms with Crippen molar-refractivity contribution in [2.75, 3.05) is 7.05 Å². The van der Waals surface area contributed by atoms with Gasteiger partial charge in [0.15, 0.2) is 0 Å². The number of hydrogen-bond donors (Lipinski definition) is 0. The van der Waals surface area contributed by atoms with Crippen LogP contribution in [0.4, 0.5) is 0 Å². The Bertz CT molecular complexity index is 157. The van der Waals surface area contributed by atoms with Crippen molar-refractivity contribution in [1.82, 2.24) is 10.0 Å². The molecule has 4 nitrogen and oxygen atoms in total. The molecule has 0 radical (unpaired) electrons. The van der Waals surface area contributed by atoms with Gasteiger partial charge < -0.3 is 0 Å². The van der Waals surface area contributed by atoms with E-state index in [0.29, 0.717) is 12.8 Å². The molecule has 62 valence electrons. The fourth-order valence-electron chi connectivity index (χ4n) is 1.12. The third-order valence-corrected chi connectivity index (χ3v) is 2.07. The van der Waals surface area contributed by atoms with Gasteiger partial charge in [0.05, 0.1) is 6.04 Å². The van der Waals surface area contributed by atoms with Crippen molar-refractivity contribution in [2.45, 2.75) is 25.3 Å². The average Bonchev–Trinajstić information content (AvgIpc) is 1.94. The molecule has 0 heterocycles. The summed E-state index contributed by atoms with van der Waals surface area (Å²) in [6, 6.07) is 0.252. The predicted octanol–water partition coefficient (Wildman–Crippen LogP) is 0.000500. The second-order valence-corrected chi connectivity index (χ2v) is 2.75. The largest absolute Gasteiger partial charge is 0.277 e. The highest BCUT2D eigenvalue weighted by atomic mass is 16.2. The second kappa shape index (κ2) is 3.37. The van der Waals surface area contributed by atoms with Crippen molar-refractivity contribution in [3.05, 3.63) is 0 Å². The molecule has 0 unspecified atom stereocenters. The van der Waals surface area contributed by atoms with Crippen LogP contribution in [-0.2, 0) is 9.59 Å². The van der Waals surface area contributed by atoms with Gasteiger partial charge in [-0.2, -0.15) is 0 Å². The van der Waals surface area contributed by atoms with Crippen molar-refractivity contribution in [1.29, 1.82) is 0 Å². The predicted molar refractivity (Wildman–Crippen MR) is 39.4 cm³/mol. The quantitative estimate of drug-likeness (QED) is 0.424. The van der Waals surface area contributed by atoms with E-state index in [4.69, 9.17) is 0 Å². The van der Waals surface area contributed by atoms with Crippen molar-refractivity contribution < 1.29 is 9.59 Å². The number of hydrazine groups is 1. The lowest BCUT2D eigenvalue weighted by atomic mass is 9.93. The SMILES string of the molecule is CN(C=O)N(C=O)C1CCC1. The maximum Gasteiger partial charge on any atom is 0.228 e. The van der Waals surface area contributed by atoms with Crippen LogP contribution in [0.2, 0.25) is 0 Å². The summed E-state index contributed by atoms with van der Waals surface area (Å²) in [5.74, 6) is 0. The maximum atomic E-state index is 10.5. The van der Waals surface area contributed by atoms with Gasteiger partial charge in [-0.3, -0.25) is 19.6 Å². The molecule has 2 amide bonds. The van der Waals surface area contributed by atoms with Crippen LogP contribution in [0.5, 0.6) is 0 Å². The first kappa shape index (κ1) is 8.04. The van der Waals surface area contributed by atoms with Crippen LogP contribution >= 0.6 is 0 Å². The van der Waals surface area contributed by atoms with E-state index in [1.54, 1.807) is 7.05 Å². The normalized spacial score (nSPS) is 16.8. The standard InChI is InChI=1S/C7H12N2O2/c1-8(5-10)9(6-11)7-3-2-4-7/h5-7H,2-4H2,1H3. The molecule has 4 heteroatoms. The topological polar surface area (TPSA) is 40.6 Å². The van der Waals surface area contributed by atoms with Crippen LogP contribution in [-0.4, -0.2) is 35.9 Å². The maximum absolute atomic E-state index is 10.5.